The molecule has 1 N–H and O–H groups in total. The van der Waals surface area contributed by atoms with Crippen LogP contribution >= 0.6 is 11.6 Å². The number of aliphatic hydroxyl groups is 1. The summed E-state index contributed by atoms with van der Waals surface area (Å²) in [6.45, 7) is -0.196. The van der Waals surface area contributed by atoms with E-state index in [1.54, 1.807) is 30.3 Å². The van der Waals surface area contributed by atoms with E-state index in [1.165, 1.54) is 6.07 Å². The molecule has 16 heavy (non-hydrogen) atoms. The Morgan fingerprint density at radius 2 is 1.94 bits per heavy atom. The summed E-state index contributed by atoms with van der Waals surface area (Å²) < 4.78 is 13.5. The van der Waals surface area contributed by atoms with Crippen LogP contribution < -0.4 is 0 Å². The average Bonchev–Trinajstić information content (AvgIpc) is 2.31. The lowest BCUT2D eigenvalue weighted by molar-refractivity contribution is 0.277. The van der Waals surface area contributed by atoms with Gasteiger partial charge in [0.05, 0.1) is 23.0 Å². The van der Waals surface area contributed by atoms with Gasteiger partial charge in [-0.3, -0.25) is 0 Å². The third-order valence-electron chi connectivity index (χ3n) is 2.19. The third kappa shape index (κ3) is 2.05. The number of halogens is 2. The number of hydrogen-bond donors (Lipinski definition) is 1. The van der Waals surface area contributed by atoms with Crippen LogP contribution in [0.1, 0.15) is 5.69 Å². The Labute approximate surface area is 97.3 Å². The second kappa shape index (κ2) is 4.60. The number of aliphatic hydroxyl groups excluding tert-OH is 1. The van der Waals surface area contributed by atoms with Crippen LogP contribution in [0, 0.1) is 5.82 Å². The lowest BCUT2D eigenvalue weighted by Gasteiger charge is -2.06. The van der Waals surface area contributed by atoms with E-state index in [1.807, 2.05) is 0 Å². The molecule has 0 radical (unpaired) electrons. The highest BCUT2D eigenvalue weighted by Crippen LogP contribution is 2.27. The fourth-order valence-corrected chi connectivity index (χ4v) is 1.62. The molecule has 1 heterocycles. The Morgan fingerprint density at radius 3 is 2.62 bits per heavy atom. The SMILES string of the molecule is OCc1ccc(Cl)c(-c2ccccc2F)n1. The van der Waals surface area contributed by atoms with E-state index in [0.29, 0.717) is 22.0 Å². The first-order valence-electron chi connectivity index (χ1n) is 4.73. The first-order chi connectivity index (χ1) is 7.72. The molecule has 0 atom stereocenters. The van der Waals surface area contributed by atoms with Crippen molar-refractivity contribution in [3.05, 3.63) is 52.9 Å². The van der Waals surface area contributed by atoms with E-state index in [-0.39, 0.29) is 12.4 Å². The van der Waals surface area contributed by atoms with Crippen molar-refractivity contribution in [1.82, 2.24) is 4.98 Å². The molecular weight excluding hydrogens is 229 g/mol. The van der Waals surface area contributed by atoms with Crippen LogP contribution in [0.15, 0.2) is 36.4 Å². The van der Waals surface area contributed by atoms with E-state index in [2.05, 4.69) is 4.98 Å². The fraction of sp³-hybridized carbons (Fsp3) is 0.0833. The number of hydrogen-bond acceptors (Lipinski definition) is 2. The highest BCUT2D eigenvalue weighted by atomic mass is 35.5. The highest BCUT2D eigenvalue weighted by Gasteiger charge is 2.10. The summed E-state index contributed by atoms with van der Waals surface area (Å²) in [4.78, 5) is 4.10. The standard InChI is InChI=1S/C12H9ClFNO/c13-10-6-5-8(7-16)15-12(10)9-3-1-2-4-11(9)14/h1-6,16H,7H2. The molecule has 0 unspecified atom stereocenters. The smallest absolute Gasteiger partial charge is 0.132 e. The summed E-state index contributed by atoms with van der Waals surface area (Å²) in [7, 11) is 0. The van der Waals surface area contributed by atoms with E-state index in [4.69, 9.17) is 16.7 Å². The van der Waals surface area contributed by atoms with Crippen LogP contribution in [-0.2, 0) is 6.61 Å². The van der Waals surface area contributed by atoms with Gasteiger partial charge < -0.3 is 5.11 Å². The van der Waals surface area contributed by atoms with Crippen LogP contribution in [0.3, 0.4) is 0 Å². The fourth-order valence-electron chi connectivity index (χ4n) is 1.41. The van der Waals surface area contributed by atoms with Crippen molar-refractivity contribution in [3.8, 4) is 11.3 Å². The van der Waals surface area contributed by atoms with E-state index in [9.17, 15) is 4.39 Å². The predicted octanol–water partition coefficient (Wildman–Crippen LogP) is 3.03. The number of benzene rings is 1. The molecule has 82 valence electrons. The molecule has 0 fully saturated rings. The van der Waals surface area contributed by atoms with Gasteiger partial charge in [-0.15, -0.1) is 0 Å². The topological polar surface area (TPSA) is 33.1 Å². The second-order valence-electron chi connectivity index (χ2n) is 3.27. The summed E-state index contributed by atoms with van der Waals surface area (Å²) in [5.41, 5.74) is 1.15. The van der Waals surface area contributed by atoms with Gasteiger partial charge in [0.1, 0.15) is 5.82 Å². The molecule has 2 nitrogen and oxygen atoms in total. The quantitative estimate of drug-likeness (QED) is 0.871. The molecule has 0 bridgehead atoms. The molecular formula is C12H9ClFNO. The van der Waals surface area contributed by atoms with Gasteiger partial charge in [-0.1, -0.05) is 23.7 Å². The molecule has 0 spiro atoms. The molecule has 1 aromatic carbocycles. The molecule has 0 saturated heterocycles. The van der Waals surface area contributed by atoms with E-state index in [0.717, 1.165) is 0 Å². The van der Waals surface area contributed by atoms with Crippen LogP contribution in [0.2, 0.25) is 5.02 Å². The average molecular weight is 238 g/mol. The third-order valence-corrected chi connectivity index (χ3v) is 2.50. The molecule has 1 aromatic heterocycles. The van der Waals surface area contributed by atoms with Crippen LogP contribution in [0.25, 0.3) is 11.3 Å². The van der Waals surface area contributed by atoms with Crippen LogP contribution in [0.4, 0.5) is 4.39 Å². The molecule has 2 aromatic rings. The molecule has 4 heteroatoms. The Morgan fingerprint density at radius 1 is 1.19 bits per heavy atom. The van der Waals surface area contributed by atoms with Gasteiger partial charge in [-0.2, -0.15) is 0 Å². The minimum absolute atomic E-state index is 0.196. The monoisotopic (exact) mass is 237 g/mol. The Kier molecular flexibility index (Phi) is 3.17. The van der Waals surface area contributed by atoms with Gasteiger partial charge in [0.2, 0.25) is 0 Å². The van der Waals surface area contributed by atoms with Crippen LogP contribution in [-0.4, -0.2) is 10.1 Å². The summed E-state index contributed by atoms with van der Waals surface area (Å²) in [6, 6.07) is 9.46. The van der Waals surface area contributed by atoms with Crippen LogP contribution in [0.5, 0.6) is 0 Å². The molecule has 0 saturated carbocycles. The molecule has 0 aliphatic heterocycles. The maximum Gasteiger partial charge on any atom is 0.132 e. The minimum Gasteiger partial charge on any atom is -0.390 e. The summed E-state index contributed by atoms with van der Waals surface area (Å²) in [6.07, 6.45) is 0. The molecule has 0 aliphatic rings. The summed E-state index contributed by atoms with van der Waals surface area (Å²) >= 11 is 5.95. The first-order valence-corrected chi connectivity index (χ1v) is 5.11. The van der Waals surface area contributed by atoms with Crippen molar-refractivity contribution in [2.24, 2.45) is 0 Å². The Balaban J connectivity index is 2.59. The van der Waals surface area contributed by atoms with Gasteiger partial charge in [0, 0.05) is 5.56 Å². The maximum atomic E-state index is 13.5. The summed E-state index contributed by atoms with van der Waals surface area (Å²) in [5, 5.41) is 9.33. The second-order valence-corrected chi connectivity index (χ2v) is 3.68. The van der Waals surface area contributed by atoms with Crippen molar-refractivity contribution >= 4 is 11.6 Å². The Bertz CT molecular complexity index is 516. The number of pyridine rings is 1. The molecule has 2 rings (SSSR count). The van der Waals surface area contributed by atoms with Crippen molar-refractivity contribution in [1.29, 1.82) is 0 Å². The minimum atomic E-state index is -0.382. The number of nitrogens with zero attached hydrogens (tertiary/aromatic N) is 1. The lowest BCUT2D eigenvalue weighted by Crippen LogP contribution is -1.94. The van der Waals surface area contributed by atoms with Gasteiger partial charge >= 0.3 is 0 Å². The maximum absolute atomic E-state index is 13.5. The predicted molar refractivity (Wildman–Crippen MR) is 60.6 cm³/mol. The van der Waals surface area contributed by atoms with Crippen molar-refractivity contribution in [3.63, 3.8) is 0 Å². The Hall–Kier alpha value is -1.45. The summed E-state index contributed by atoms with van der Waals surface area (Å²) in [5.74, 6) is -0.382. The highest BCUT2D eigenvalue weighted by molar-refractivity contribution is 6.33. The number of rotatable bonds is 2. The van der Waals surface area contributed by atoms with Gasteiger partial charge in [0.15, 0.2) is 0 Å². The molecule has 0 aliphatic carbocycles. The first kappa shape index (κ1) is 11.0. The normalized spacial score (nSPS) is 10.4. The lowest BCUT2D eigenvalue weighted by atomic mass is 10.1. The van der Waals surface area contributed by atoms with Gasteiger partial charge in [-0.05, 0) is 24.3 Å². The van der Waals surface area contributed by atoms with Gasteiger partial charge in [0.25, 0.3) is 0 Å². The van der Waals surface area contributed by atoms with Crippen molar-refractivity contribution in [2.75, 3.05) is 0 Å². The largest absolute Gasteiger partial charge is 0.390 e. The van der Waals surface area contributed by atoms with Crippen molar-refractivity contribution in [2.45, 2.75) is 6.61 Å². The van der Waals surface area contributed by atoms with Crippen molar-refractivity contribution < 1.29 is 9.50 Å². The zero-order chi connectivity index (χ0) is 11.5. The number of aromatic nitrogens is 1. The van der Waals surface area contributed by atoms with Gasteiger partial charge in [-0.25, -0.2) is 9.37 Å². The zero-order valence-electron chi connectivity index (χ0n) is 8.32. The van der Waals surface area contributed by atoms with E-state index < -0.39 is 0 Å². The molecule has 0 amide bonds. The zero-order valence-corrected chi connectivity index (χ0v) is 9.08. The van der Waals surface area contributed by atoms with E-state index >= 15 is 0 Å².